The molecule has 0 saturated carbocycles. The normalized spacial score (nSPS) is 12.2. The fourth-order valence-corrected chi connectivity index (χ4v) is 2.91. The molecule has 2 aromatic carbocycles. The number of carbonyl (C=O) groups excluding carboxylic acids is 2. The van der Waals surface area contributed by atoms with Gasteiger partial charge in [-0.1, -0.05) is 17.7 Å². The largest absolute Gasteiger partial charge is 0.468 e. The maximum atomic E-state index is 13.0. The Labute approximate surface area is 167 Å². The molecule has 0 heterocycles. The molecule has 0 fully saturated rings. The minimum absolute atomic E-state index is 0.0797. The molecule has 0 amide bonds. The summed E-state index contributed by atoms with van der Waals surface area (Å²) in [5.74, 6) is -3.52. The Morgan fingerprint density at radius 2 is 1.72 bits per heavy atom. The predicted molar refractivity (Wildman–Crippen MR) is 94.7 cm³/mol. The van der Waals surface area contributed by atoms with Crippen molar-refractivity contribution < 1.29 is 37.2 Å². The van der Waals surface area contributed by atoms with E-state index in [0.29, 0.717) is 12.1 Å². The first-order chi connectivity index (χ1) is 13.5. The number of esters is 2. The van der Waals surface area contributed by atoms with Gasteiger partial charge in [0.1, 0.15) is 5.92 Å². The van der Waals surface area contributed by atoms with Crippen LogP contribution in [0, 0.1) is 10.1 Å². The molecule has 11 heteroatoms. The monoisotopic (exact) mass is 431 g/mol. The average Bonchev–Trinajstić information content (AvgIpc) is 2.66. The number of rotatable bonds is 5. The summed E-state index contributed by atoms with van der Waals surface area (Å²) in [6.07, 6.45) is -4.84. The second kappa shape index (κ2) is 8.48. The summed E-state index contributed by atoms with van der Waals surface area (Å²) in [5.41, 5.74) is -2.90. The third-order valence-corrected chi connectivity index (χ3v) is 4.27. The van der Waals surface area contributed by atoms with E-state index >= 15 is 0 Å². The number of alkyl halides is 3. The van der Waals surface area contributed by atoms with Crippen molar-refractivity contribution >= 4 is 29.2 Å². The van der Waals surface area contributed by atoms with E-state index in [2.05, 4.69) is 9.47 Å². The van der Waals surface area contributed by atoms with Crippen LogP contribution in [-0.2, 0) is 20.4 Å². The van der Waals surface area contributed by atoms with Crippen LogP contribution in [0.1, 0.15) is 33.0 Å². The third-order valence-electron chi connectivity index (χ3n) is 4.03. The van der Waals surface area contributed by atoms with E-state index in [1.165, 1.54) is 18.2 Å². The van der Waals surface area contributed by atoms with Gasteiger partial charge in [0.15, 0.2) is 0 Å². The highest BCUT2D eigenvalue weighted by Crippen LogP contribution is 2.39. The van der Waals surface area contributed by atoms with Crippen molar-refractivity contribution in [3.05, 3.63) is 73.8 Å². The Kier molecular flexibility index (Phi) is 6.48. The summed E-state index contributed by atoms with van der Waals surface area (Å²) in [7, 11) is 2.07. The first-order valence-corrected chi connectivity index (χ1v) is 8.20. The lowest BCUT2D eigenvalue weighted by molar-refractivity contribution is -0.385. The molecule has 7 nitrogen and oxygen atoms in total. The molecule has 0 aromatic heterocycles. The summed E-state index contributed by atoms with van der Waals surface area (Å²) >= 11 is 5.94. The smallest absolute Gasteiger partial charge is 0.416 e. The summed E-state index contributed by atoms with van der Waals surface area (Å²) in [6, 6.07) is 5.46. The fourth-order valence-electron chi connectivity index (χ4n) is 2.73. The lowest BCUT2D eigenvalue weighted by Crippen LogP contribution is -2.21. The predicted octanol–water partition coefficient (Wildman–Crippen LogP) is 4.36. The van der Waals surface area contributed by atoms with E-state index in [0.717, 1.165) is 20.3 Å². The number of ether oxygens (including phenoxy) is 2. The molecule has 2 rings (SSSR count). The second-order valence-corrected chi connectivity index (χ2v) is 6.14. The van der Waals surface area contributed by atoms with Gasteiger partial charge in [0.2, 0.25) is 0 Å². The van der Waals surface area contributed by atoms with E-state index in [4.69, 9.17) is 11.6 Å². The van der Waals surface area contributed by atoms with Gasteiger partial charge in [-0.2, -0.15) is 13.2 Å². The molecule has 0 bridgehead atoms. The van der Waals surface area contributed by atoms with E-state index in [1.54, 1.807) is 0 Å². The first-order valence-electron chi connectivity index (χ1n) is 7.82. The highest BCUT2D eigenvalue weighted by Gasteiger charge is 2.37. The molecular formula is C18H13ClF3NO6. The van der Waals surface area contributed by atoms with Gasteiger partial charge < -0.3 is 9.47 Å². The van der Waals surface area contributed by atoms with Gasteiger partial charge in [0.25, 0.3) is 5.69 Å². The van der Waals surface area contributed by atoms with Gasteiger partial charge in [-0.15, -0.1) is 0 Å². The Morgan fingerprint density at radius 3 is 2.24 bits per heavy atom. The number of methoxy groups -OCH3 is 2. The minimum Gasteiger partial charge on any atom is -0.468 e. The Bertz CT molecular complexity index is 977. The molecular weight excluding hydrogens is 419 g/mol. The van der Waals surface area contributed by atoms with Crippen LogP contribution in [0.3, 0.4) is 0 Å². The van der Waals surface area contributed by atoms with Crippen LogP contribution < -0.4 is 0 Å². The van der Waals surface area contributed by atoms with Gasteiger partial charge in [-0.25, -0.2) is 4.79 Å². The average molecular weight is 432 g/mol. The zero-order chi connectivity index (χ0) is 21.9. The van der Waals surface area contributed by atoms with E-state index < -0.39 is 45.8 Å². The van der Waals surface area contributed by atoms with E-state index in [9.17, 15) is 32.9 Å². The number of carbonyl (C=O) groups is 2. The van der Waals surface area contributed by atoms with Crippen LogP contribution in [0.25, 0.3) is 0 Å². The summed E-state index contributed by atoms with van der Waals surface area (Å²) in [4.78, 5) is 35.0. The Hall–Kier alpha value is -3.14. The van der Waals surface area contributed by atoms with Gasteiger partial charge in [0, 0.05) is 16.7 Å². The SMILES string of the molecule is COC(=O)c1ccc(Cl)cc1C(C(=O)OC)c1ccc(C(F)(F)F)cc1[N+](=O)[O-]. The van der Waals surface area contributed by atoms with Crippen LogP contribution in [0.2, 0.25) is 5.02 Å². The van der Waals surface area contributed by atoms with Gasteiger partial charge in [-0.3, -0.25) is 14.9 Å². The first kappa shape index (κ1) is 22.2. The van der Waals surface area contributed by atoms with E-state index in [-0.39, 0.29) is 16.1 Å². The molecule has 0 radical (unpaired) electrons. The van der Waals surface area contributed by atoms with Crippen LogP contribution in [0.5, 0.6) is 0 Å². The van der Waals surface area contributed by atoms with Gasteiger partial charge in [-0.05, 0) is 29.8 Å². The standard InChI is InChI=1S/C18H13ClF3NO6/c1-28-16(24)11-6-4-10(19)8-13(11)15(17(25)29-2)12-5-3-9(18(20,21)22)7-14(12)23(26)27/h3-8,15H,1-2H3. The molecule has 0 aliphatic carbocycles. The molecule has 154 valence electrons. The lowest BCUT2D eigenvalue weighted by Gasteiger charge is -2.19. The number of halogens is 4. The summed E-state index contributed by atoms with van der Waals surface area (Å²) in [5, 5.41) is 11.5. The number of hydrogen-bond acceptors (Lipinski definition) is 6. The number of nitro groups is 1. The van der Waals surface area contributed by atoms with Crippen molar-refractivity contribution in [1.29, 1.82) is 0 Å². The van der Waals surface area contributed by atoms with Crippen molar-refractivity contribution in [3.63, 3.8) is 0 Å². The van der Waals surface area contributed by atoms with Crippen LogP contribution >= 0.6 is 11.6 Å². The molecule has 2 aromatic rings. The molecule has 0 saturated heterocycles. The number of hydrogen-bond donors (Lipinski definition) is 0. The molecule has 0 spiro atoms. The minimum atomic E-state index is -4.84. The van der Waals surface area contributed by atoms with Crippen molar-refractivity contribution in [2.75, 3.05) is 14.2 Å². The molecule has 1 unspecified atom stereocenters. The lowest BCUT2D eigenvalue weighted by atomic mass is 9.86. The van der Waals surface area contributed by atoms with Crippen LogP contribution in [0.15, 0.2) is 36.4 Å². The topological polar surface area (TPSA) is 95.7 Å². The third kappa shape index (κ3) is 4.65. The Morgan fingerprint density at radius 1 is 1.07 bits per heavy atom. The maximum absolute atomic E-state index is 13.0. The van der Waals surface area contributed by atoms with Gasteiger partial charge >= 0.3 is 18.1 Å². The number of nitrogens with zero attached hydrogens (tertiary/aromatic N) is 1. The van der Waals surface area contributed by atoms with Crippen molar-refractivity contribution in [2.24, 2.45) is 0 Å². The zero-order valence-corrected chi connectivity index (χ0v) is 15.7. The highest BCUT2D eigenvalue weighted by molar-refractivity contribution is 6.30. The summed E-state index contributed by atoms with van der Waals surface area (Å²) < 4.78 is 48.3. The quantitative estimate of drug-likeness (QED) is 0.396. The Balaban J connectivity index is 2.83. The summed E-state index contributed by atoms with van der Waals surface area (Å²) in [6.45, 7) is 0. The zero-order valence-electron chi connectivity index (χ0n) is 15.0. The second-order valence-electron chi connectivity index (χ2n) is 5.71. The fraction of sp³-hybridized carbons (Fsp3) is 0.222. The molecule has 0 aliphatic heterocycles. The van der Waals surface area contributed by atoms with Crippen LogP contribution in [0.4, 0.5) is 18.9 Å². The molecule has 1 atom stereocenters. The van der Waals surface area contributed by atoms with Crippen molar-refractivity contribution in [1.82, 2.24) is 0 Å². The number of nitro benzene ring substituents is 1. The van der Waals surface area contributed by atoms with Crippen LogP contribution in [-0.4, -0.2) is 31.1 Å². The molecule has 0 N–H and O–H groups in total. The molecule has 0 aliphatic rings. The number of benzene rings is 2. The van der Waals surface area contributed by atoms with Gasteiger partial charge in [0.05, 0.1) is 30.3 Å². The van der Waals surface area contributed by atoms with Crippen molar-refractivity contribution in [3.8, 4) is 0 Å². The highest BCUT2D eigenvalue weighted by atomic mass is 35.5. The van der Waals surface area contributed by atoms with Crippen molar-refractivity contribution in [2.45, 2.75) is 12.1 Å². The molecule has 29 heavy (non-hydrogen) atoms. The van der Waals surface area contributed by atoms with E-state index in [1.807, 2.05) is 0 Å². The maximum Gasteiger partial charge on any atom is 0.416 e.